The minimum atomic E-state index is -0.548. The molecule has 156 valence electrons. The molecule has 0 saturated carbocycles. The smallest absolute Gasteiger partial charge is 0.270 e. The van der Waals surface area contributed by atoms with Crippen LogP contribution < -0.4 is 10.2 Å². The maximum absolute atomic E-state index is 13.3. The van der Waals surface area contributed by atoms with Gasteiger partial charge in [-0.3, -0.25) is 19.8 Å². The standard InChI is InChI=1S/C23H17BrFN3O2S/c1-13-10-15(14(2)27(13)18-8-6-17(25)7-9-18)11-20-21(29)26-23(31)28(22(20)30)19-5-3-4-16(24)12-19/h3-12H,1-2H3,(H,26,29,31). The van der Waals surface area contributed by atoms with Crippen molar-refractivity contribution >= 4 is 56.8 Å². The van der Waals surface area contributed by atoms with Gasteiger partial charge in [-0.05, 0) is 86.2 Å². The van der Waals surface area contributed by atoms with Gasteiger partial charge in [0.2, 0.25) is 0 Å². The first-order valence-corrected chi connectivity index (χ1v) is 10.6. The monoisotopic (exact) mass is 497 g/mol. The second-order valence-corrected chi connectivity index (χ2v) is 8.38. The van der Waals surface area contributed by atoms with Crippen molar-refractivity contribution in [3.63, 3.8) is 0 Å². The highest BCUT2D eigenvalue weighted by atomic mass is 79.9. The number of hydrogen-bond acceptors (Lipinski definition) is 3. The van der Waals surface area contributed by atoms with Crippen molar-refractivity contribution in [1.29, 1.82) is 0 Å². The minimum Gasteiger partial charge on any atom is -0.318 e. The molecule has 1 aliphatic rings. The van der Waals surface area contributed by atoms with Crippen molar-refractivity contribution in [2.45, 2.75) is 13.8 Å². The molecule has 1 aliphatic heterocycles. The van der Waals surface area contributed by atoms with Gasteiger partial charge in [0, 0.05) is 21.5 Å². The third-order valence-electron chi connectivity index (χ3n) is 5.02. The molecular formula is C23H17BrFN3O2S. The van der Waals surface area contributed by atoms with Gasteiger partial charge in [-0.2, -0.15) is 0 Å². The maximum atomic E-state index is 13.3. The van der Waals surface area contributed by atoms with E-state index in [-0.39, 0.29) is 16.5 Å². The molecule has 0 atom stereocenters. The van der Waals surface area contributed by atoms with Gasteiger partial charge in [0.05, 0.1) is 5.69 Å². The quantitative estimate of drug-likeness (QED) is 0.320. The molecule has 0 aliphatic carbocycles. The first-order valence-electron chi connectivity index (χ1n) is 9.38. The zero-order chi connectivity index (χ0) is 22.3. The summed E-state index contributed by atoms with van der Waals surface area (Å²) in [4.78, 5) is 27.1. The van der Waals surface area contributed by atoms with Gasteiger partial charge in [-0.1, -0.05) is 22.0 Å². The van der Waals surface area contributed by atoms with Gasteiger partial charge < -0.3 is 4.57 Å². The Bertz CT molecular complexity index is 1260. The molecule has 2 aromatic carbocycles. The highest BCUT2D eigenvalue weighted by Gasteiger charge is 2.34. The van der Waals surface area contributed by atoms with Crippen LogP contribution in [-0.4, -0.2) is 21.5 Å². The fourth-order valence-corrected chi connectivity index (χ4v) is 4.25. The van der Waals surface area contributed by atoms with E-state index >= 15 is 0 Å². The molecule has 4 rings (SSSR count). The molecule has 1 aromatic heterocycles. The number of carbonyl (C=O) groups excluding carboxylic acids is 2. The SMILES string of the molecule is Cc1cc(C=C2C(=O)NC(=S)N(c3cccc(Br)c3)C2=O)c(C)n1-c1ccc(F)cc1. The highest BCUT2D eigenvalue weighted by Crippen LogP contribution is 2.27. The van der Waals surface area contributed by atoms with Crippen LogP contribution in [-0.2, 0) is 9.59 Å². The summed E-state index contributed by atoms with van der Waals surface area (Å²) in [6, 6.07) is 15.1. The van der Waals surface area contributed by atoms with Crippen LogP contribution in [0.3, 0.4) is 0 Å². The molecular weight excluding hydrogens is 481 g/mol. The van der Waals surface area contributed by atoms with E-state index in [0.29, 0.717) is 11.3 Å². The fourth-order valence-electron chi connectivity index (χ4n) is 3.58. The van der Waals surface area contributed by atoms with E-state index in [0.717, 1.165) is 21.5 Å². The lowest BCUT2D eigenvalue weighted by Gasteiger charge is -2.29. The molecule has 1 saturated heterocycles. The average Bonchev–Trinajstić information content (AvgIpc) is 2.99. The van der Waals surface area contributed by atoms with Gasteiger partial charge in [0.1, 0.15) is 11.4 Å². The molecule has 1 fully saturated rings. The molecule has 5 nitrogen and oxygen atoms in total. The molecule has 0 spiro atoms. The van der Waals surface area contributed by atoms with Crippen LogP contribution in [0.5, 0.6) is 0 Å². The third kappa shape index (κ3) is 3.96. The van der Waals surface area contributed by atoms with Gasteiger partial charge in [-0.15, -0.1) is 0 Å². The van der Waals surface area contributed by atoms with E-state index < -0.39 is 11.8 Å². The molecule has 0 unspecified atom stereocenters. The topological polar surface area (TPSA) is 54.3 Å². The van der Waals surface area contributed by atoms with Gasteiger partial charge in [-0.25, -0.2) is 4.39 Å². The summed E-state index contributed by atoms with van der Waals surface area (Å²) in [5.41, 5.74) is 3.73. The first-order chi connectivity index (χ1) is 14.8. The van der Waals surface area contributed by atoms with Crippen LogP contribution >= 0.6 is 28.1 Å². The number of carbonyl (C=O) groups is 2. The number of aryl methyl sites for hydroxylation is 1. The number of hydrogen-bond donors (Lipinski definition) is 1. The zero-order valence-corrected chi connectivity index (χ0v) is 19.1. The Kier molecular flexibility index (Phi) is 5.60. The van der Waals surface area contributed by atoms with Crippen molar-refractivity contribution < 1.29 is 14.0 Å². The van der Waals surface area contributed by atoms with Crippen molar-refractivity contribution in [2.24, 2.45) is 0 Å². The second-order valence-electron chi connectivity index (χ2n) is 7.08. The first kappa shape index (κ1) is 21.1. The van der Waals surface area contributed by atoms with E-state index in [2.05, 4.69) is 21.2 Å². The van der Waals surface area contributed by atoms with Gasteiger partial charge >= 0.3 is 0 Å². The normalized spacial score (nSPS) is 15.5. The van der Waals surface area contributed by atoms with E-state index in [4.69, 9.17) is 12.2 Å². The molecule has 1 N–H and O–H groups in total. The summed E-state index contributed by atoms with van der Waals surface area (Å²) in [6.07, 6.45) is 1.56. The predicted molar refractivity (Wildman–Crippen MR) is 126 cm³/mol. The molecule has 0 bridgehead atoms. The Morgan fingerprint density at radius 1 is 1.03 bits per heavy atom. The fraction of sp³-hybridized carbons (Fsp3) is 0.0870. The van der Waals surface area contributed by atoms with Crippen LogP contribution in [0.1, 0.15) is 17.0 Å². The number of benzene rings is 2. The van der Waals surface area contributed by atoms with Crippen molar-refractivity contribution in [2.75, 3.05) is 4.90 Å². The number of amides is 2. The summed E-state index contributed by atoms with van der Waals surface area (Å²) in [5, 5.41) is 2.62. The molecule has 2 heterocycles. The second kappa shape index (κ2) is 8.20. The number of rotatable bonds is 3. The summed E-state index contributed by atoms with van der Waals surface area (Å²) >= 11 is 8.63. The van der Waals surface area contributed by atoms with Crippen LogP contribution in [0.4, 0.5) is 10.1 Å². The van der Waals surface area contributed by atoms with E-state index in [1.54, 1.807) is 36.4 Å². The number of halogens is 2. The molecule has 3 aromatic rings. The van der Waals surface area contributed by atoms with Crippen LogP contribution in [0, 0.1) is 19.7 Å². The Balaban J connectivity index is 1.76. The van der Waals surface area contributed by atoms with E-state index in [9.17, 15) is 14.0 Å². The summed E-state index contributed by atoms with van der Waals surface area (Å²) in [6.45, 7) is 3.79. The van der Waals surface area contributed by atoms with Crippen LogP contribution in [0.25, 0.3) is 11.8 Å². The minimum absolute atomic E-state index is 0.0204. The van der Waals surface area contributed by atoms with E-state index in [1.165, 1.54) is 17.0 Å². The predicted octanol–water partition coefficient (Wildman–Crippen LogP) is 4.83. The Morgan fingerprint density at radius 3 is 2.42 bits per heavy atom. The van der Waals surface area contributed by atoms with Gasteiger partial charge in [0.15, 0.2) is 5.11 Å². The Hall–Kier alpha value is -3.10. The largest absolute Gasteiger partial charge is 0.318 e. The summed E-state index contributed by atoms with van der Waals surface area (Å²) in [7, 11) is 0. The average molecular weight is 498 g/mol. The third-order valence-corrected chi connectivity index (χ3v) is 5.80. The summed E-state index contributed by atoms with van der Waals surface area (Å²) < 4.78 is 16.0. The molecule has 31 heavy (non-hydrogen) atoms. The lowest BCUT2D eigenvalue weighted by Crippen LogP contribution is -2.54. The number of aromatic nitrogens is 1. The molecule has 2 amide bonds. The molecule has 8 heteroatoms. The number of nitrogens with one attached hydrogen (secondary N) is 1. The van der Waals surface area contributed by atoms with Crippen molar-refractivity contribution in [3.05, 3.63) is 87.4 Å². The van der Waals surface area contributed by atoms with Crippen LogP contribution in [0.15, 0.2) is 64.6 Å². The lowest BCUT2D eigenvalue weighted by molar-refractivity contribution is -0.122. The number of anilines is 1. The van der Waals surface area contributed by atoms with Crippen LogP contribution in [0.2, 0.25) is 0 Å². The number of thiocarbonyl (C=S) groups is 1. The van der Waals surface area contributed by atoms with Crippen molar-refractivity contribution in [3.8, 4) is 5.69 Å². The number of nitrogens with zero attached hydrogens (tertiary/aromatic N) is 2. The van der Waals surface area contributed by atoms with Crippen molar-refractivity contribution in [1.82, 2.24) is 9.88 Å². The Labute approximate surface area is 192 Å². The lowest BCUT2D eigenvalue weighted by atomic mass is 10.1. The summed E-state index contributed by atoms with van der Waals surface area (Å²) in [5.74, 6) is -1.37. The Morgan fingerprint density at radius 2 is 1.74 bits per heavy atom. The highest BCUT2D eigenvalue weighted by molar-refractivity contribution is 9.10. The van der Waals surface area contributed by atoms with Gasteiger partial charge in [0.25, 0.3) is 11.8 Å². The molecule has 0 radical (unpaired) electrons. The maximum Gasteiger partial charge on any atom is 0.270 e. The van der Waals surface area contributed by atoms with E-state index in [1.807, 2.05) is 30.5 Å². The zero-order valence-electron chi connectivity index (χ0n) is 16.6.